The van der Waals surface area contributed by atoms with Gasteiger partial charge >= 0.3 is 0 Å². The van der Waals surface area contributed by atoms with E-state index in [4.69, 9.17) is 11.6 Å². The van der Waals surface area contributed by atoms with E-state index in [0.717, 1.165) is 16.8 Å². The molecule has 1 N–H and O–H groups in total. The summed E-state index contributed by atoms with van der Waals surface area (Å²) in [4.78, 5) is 29.6. The highest BCUT2D eigenvalue weighted by molar-refractivity contribution is 8.01. The molecule has 2 fully saturated rings. The molecule has 0 bridgehead atoms. The van der Waals surface area contributed by atoms with Gasteiger partial charge in [0.2, 0.25) is 5.91 Å². The van der Waals surface area contributed by atoms with E-state index in [0.29, 0.717) is 35.8 Å². The summed E-state index contributed by atoms with van der Waals surface area (Å²) in [5.41, 5.74) is 1.86. The maximum absolute atomic E-state index is 13.5. The molecule has 2 aliphatic rings. The molecule has 1 amide bonds. The number of anilines is 1. The van der Waals surface area contributed by atoms with Crippen molar-refractivity contribution in [1.82, 2.24) is 5.32 Å². The van der Waals surface area contributed by atoms with Crippen LogP contribution in [-0.2, 0) is 15.1 Å². The Labute approximate surface area is 211 Å². The van der Waals surface area contributed by atoms with E-state index < -0.39 is 17.0 Å². The van der Waals surface area contributed by atoms with E-state index in [1.54, 1.807) is 6.07 Å². The number of halogens is 2. The highest BCUT2D eigenvalue weighted by Crippen LogP contribution is 2.42. The van der Waals surface area contributed by atoms with E-state index in [2.05, 4.69) is 10.2 Å². The Morgan fingerprint density at radius 1 is 1.03 bits per heavy atom. The molecule has 176 valence electrons. The molecule has 34 heavy (non-hydrogen) atoms. The number of amides is 1. The summed E-state index contributed by atoms with van der Waals surface area (Å²) in [5, 5.41) is 6.80. The number of piperidine rings is 2. The fraction of sp³-hybridized carbons (Fsp3) is 0.308. The van der Waals surface area contributed by atoms with Crippen LogP contribution in [0, 0.1) is 0 Å². The molecule has 3 heterocycles. The van der Waals surface area contributed by atoms with Crippen LogP contribution in [0.5, 0.6) is 0 Å². The number of hydrogen-bond donors (Lipinski definition) is 1. The molecular weight excluding hydrogens is 491 g/mol. The molecule has 5 rings (SSSR count). The van der Waals surface area contributed by atoms with Crippen molar-refractivity contribution in [3.8, 4) is 0 Å². The van der Waals surface area contributed by atoms with E-state index in [9.17, 15) is 14.0 Å². The van der Waals surface area contributed by atoms with Gasteiger partial charge in [0.15, 0.2) is 5.78 Å². The van der Waals surface area contributed by atoms with Gasteiger partial charge in [0.1, 0.15) is 11.4 Å². The standard InChI is InChI=1S/C26H24ClFN2O2S2/c27-21-3-1-2-4-23(21)34-24-22(31)15-26(29-25(24)32,18-11-14-33-16-18)17-5-7-20(8-6-17)30-12-9-19(28)10-13-30/h1-8,11,14,16,19,24H,9-10,12-13,15H2,(H,29,32). The van der Waals surface area contributed by atoms with Gasteiger partial charge in [0, 0.05) is 30.1 Å². The van der Waals surface area contributed by atoms with Crippen molar-refractivity contribution >= 4 is 52.1 Å². The number of nitrogens with zero attached hydrogens (tertiary/aromatic N) is 1. The summed E-state index contributed by atoms with van der Waals surface area (Å²) in [6.07, 6.45) is 0.507. The van der Waals surface area contributed by atoms with E-state index in [-0.39, 0.29) is 18.1 Å². The zero-order valence-corrected chi connectivity index (χ0v) is 20.8. The lowest BCUT2D eigenvalue weighted by Gasteiger charge is -2.40. The number of rotatable bonds is 5. The number of alkyl halides is 1. The lowest BCUT2D eigenvalue weighted by molar-refractivity contribution is -0.132. The summed E-state index contributed by atoms with van der Waals surface area (Å²) in [7, 11) is 0. The molecule has 0 saturated carbocycles. The molecule has 2 saturated heterocycles. The first-order valence-corrected chi connectivity index (χ1v) is 13.4. The molecule has 4 nitrogen and oxygen atoms in total. The fourth-order valence-corrected chi connectivity index (χ4v) is 6.66. The highest BCUT2D eigenvalue weighted by atomic mass is 35.5. The van der Waals surface area contributed by atoms with Crippen LogP contribution in [0.2, 0.25) is 5.02 Å². The summed E-state index contributed by atoms with van der Waals surface area (Å²) < 4.78 is 13.5. The third-order valence-corrected chi connectivity index (χ3v) is 9.00. The SMILES string of the molecule is O=C1CC(c2ccc(N3CCC(F)CC3)cc2)(c2ccsc2)NC(=O)C1Sc1ccccc1Cl. The number of hydrogen-bond acceptors (Lipinski definition) is 5. The molecule has 2 atom stereocenters. The molecule has 0 spiro atoms. The minimum Gasteiger partial charge on any atom is -0.371 e. The zero-order chi connectivity index (χ0) is 23.7. The second-order valence-electron chi connectivity index (χ2n) is 8.69. The molecule has 0 radical (unpaired) electrons. The molecule has 2 unspecified atom stereocenters. The van der Waals surface area contributed by atoms with Crippen molar-refractivity contribution < 1.29 is 14.0 Å². The molecule has 1 aromatic heterocycles. The molecular formula is C26H24ClFN2O2S2. The van der Waals surface area contributed by atoms with Gasteiger partial charge < -0.3 is 10.2 Å². The first-order valence-electron chi connectivity index (χ1n) is 11.2. The number of carbonyl (C=O) groups is 2. The van der Waals surface area contributed by atoms with Gasteiger partial charge in [-0.2, -0.15) is 11.3 Å². The van der Waals surface area contributed by atoms with Crippen LogP contribution in [0.3, 0.4) is 0 Å². The predicted molar refractivity (Wildman–Crippen MR) is 137 cm³/mol. The third kappa shape index (κ3) is 4.49. The van der Waals surface area contributed by atoms with Crippen molar-refractivity contribution in [2.75, 3.05) is 18.0 Å². The number of Topliss-reactive ketones (excluding diaryl/α,β-unsaturated/α-hetero) is 1. The molecule has 2 aliphatic heterocycles. The number of thiophene rings is 1. The van der Waals surface area contributed by atoms with Crippen LogP contribution < -0.4 is 10.2 Å². The monoisotopic (exact) mass is 514 g/mol. The summed E-state index contributed by atoms with van der Waals surface area (Å²) in [6, 6.07) is 17.1. The number of benzene rings is 2. The van der Waals surface area contributed by atoms with E-state index in [1.165, 1.54) is 23.1 Å². The van der Waals surface area contributed by atoms with Crippen molar-refractivity contribution in [3.05, 3.63) is 81.5 Å². The Kier molecular flexibility index (Phi) is 6.69. The Morgan fingerprint density at radius 2 is 1.76 bits per heavy atom. The Bertz CT molecular complexity index is 1160. The molecule has 3 aromatic rings. The minimum atomic E-state index is -0.920. The van der Waals surface area contributed by atoms with Crippen LogP contribution in [0.15, 0.2) is 70.3 Å². The second-order valence-corrected chi connectivity index (χ2v) is 11.0. The number of ketones is 1. The minimum absolute atomic E-state index is 0.131. The van der Waals surface area contributed by atoms with Gasteiger partial charge in [0.25, 0.3) is 0 Å². The van der Waals surface area contributed by atoms with Gasteiger partial charge in [-0.15, -0.1) is 11.8 Å². The largest absolute Gasteiger partial charge is 0.371 e. The predicted octanol–water partition coefficient (Wildman–Crippen LogP) is 5.83. The molecule has 2 aromatic carbocycles. The first-order chi connectivity index (χ1) is 16.5. The summed E-state index contributed by atoms with van der Waals surface area (Å²) in [6.45, 7) is 1.37. The van der Waals surface area contributed by atoms with Gasteiger partial charge in [-0.1, -0.05) is 35.9 Å². The van der Waals surface area contributed by atoms with Crippen LogP contribution >= 0.6 is 34.7 Å². The topological polar surface area (TPSA) is 49.4 Å². The van der Waals surface area contributed by atoms with Crippen LogP contribution in [0.1, 0.15) is 30.4 Å². The summed E-state index contributed by atoms with van der Waals surface area (Å²) >= 11 is 9.00. The fourth-order valence-electron chi connectivity index (χ4n) is 4.69. The van der Waals surface area contributed by atoms with Crippen molar-refractivity contribution in [1.29, 1.82) is 0 Å². The Balaban J connectivity index is 1.43. The van der Waals surface area contributed by atoms with Crippen molar-refractivity contribution in [2.24, 2.45) is 0 Å². The highest BCUT2D eigenvalue weighted by Gasteiger charge is 2.47. The van der Waals surface area contributed by atoms with Crippen molar-refractivity contribution in [2.45, 2.75) is 41.1 Å². The average Bonchev–Trinajstić information content (AvgIpc) is 3.39. The second kappa shape index (κ2) is 9.72. The van der Waals surface area contributed by atoms with Gasteiger partial charge in [-0.3, -0.25) is 9.59 Å². The lowest BCUT2D eigenvalue weighted by atomic mass is 9.77. The number of carbonyl (C=O) groups excluding carboxylic acids is 2. The van der Waals surface area contributed by atoms with Crippen molar-refractivity contribution in [3.63, 3.8) is 0 Å². The summed E-state index contributed by atoms with van der Waals surface area (Å²) in [5.74, 6) is -0.449. The maximum atomic E-state index is 13.5. The normalized spacial score (nSPS) is 23.7. The van der Waals surface area contributed by atoms with Crippen LogP contribution in [0.25, 0.3) is 0 Å². The van der Waals surface area contributed by atoms with Gasteiger partial charge in [-0.05, 0) is 65.1 Å². The Morgan fingerprint density at radius 3 is 2.41 bits per heavy atom. The quantitative estimate of drug-likeness (QED) is 0.435. The van der Waals surface area contributed by atoms with Gasteiger partial charge in [-0.25, -0.2) is 4.39 Å². The lowest BCUT2D eigenvalue weighted by Crippen LogP contribution is -2.57. The smallest absolute Gasteiger partial charge is 0.242 e. The van der Waals surface area contributed by atoms with Crippen LogP contribution in [0.4, 0.5) is 10.1 Å². The number of nitrogens with one attached hydrogen (secondary N) is 1. The van der Waals surface area contributed by atoms with E-state index in [1.807, 2.05) is 59.3 Å². The third-order valence-electron chi connectivity index (χ3n) is 6.55. The zero-order valence-electron chi connectivity index (χ0n) is 18.4. The van der Waals surface area contributed by atoms with Crippen LogP contribution in [-0.4, -0.2) is 36.2 Å². The van der Waals surface area contributed by atoms with Gasteiger partial charge in [0.05, 0.1) is 10.6 Å². The molecule has 0 aliphatic carbocycles. The maximum Gasteiger partial charge on any atom is 0.242 e. The average molecular weight is 515 g/mol. The Hall–Kier alpha value is -2.35. The molecule has 8 heteroatoms. The van der Waals surface area contributed by atoms with E-state index >= 15 is 0 Å². The number of thioether (sulfide) groups is 1. The first kappa shape index (κ1) is 23.4.